The number of anilines is 2. The first-order chi connectivity index (χ1) is 46.5. The van der Waals surface area contributed by atoms with Gasteiger partial charge in [-0.3, -0.25) is 57.7 Å². The van der Waals surface area contributed by atoms with Crippen LogP contribution in [0.4, 0.5) is 21.0 Å². The highest BCUT2D eigenvalue weighted by molar-refractivity contribution is 5.98. The zero-order valence-electron chi connectivity index (χ0n) is 58.4. The second kappa shape index (κ2) is 34.8. The highest BCUT2D eigenvalue weighted by Gasteiger charge is 2.51. The Kier molecular flexibility index (Phi) is 27.3. The average Bonchev–Trinajstić information content (AvgIpc) is 1.60. The first-order valence-electron chi connectivity index (χ1n) is 34.7. The largest absolute Gasteiger partial charge is 0.444 e. The van der Waals surface area contributed by atoms with Gasteiger partial charge >= 0.3 is 12.2 Å². The minimum Gasteiger partial charge on any atom is -0.444 e. The van der Waals surface area contributed by atoms with Crippen LogP contribution in [0.2, 0.25) is 0 Å². The normalized spacial score (nSPS) is 22.1. The summed E-state index contributed by atoms with van der Waals surface area (Å²) in [6.07, 6.45) is 4.81. The molecule has 7 rings (SSSR count). The van der Waals surface area contributed by atoms with Gasteiger partial charge in [0.2, 0.25) is 41.4 Å². The summed E-state index contributed by atoms with van der Waals surface area (Å²) in [5.41, 5.74) is -1.62. The number of Topliss-reactive ketones (excluding diaryl/α,β-unsaturated/α-hetero) is 1. The van der Waals surface area contributed by atoms with E-state index in [0.717, 1.165) is 0 Å². The minimum absolute atomic E-state index is 0.0896. The van der Waals surface area contributed by atoms with Crippen molar-refractivity contribution < 1.29 is 67.6 Å². The van der Waals surface area contributed by atoms with E-state index in [-0.39, 0.29) is 61.6 Å². The van der Waals surface area contributed by atoms with Crippen molar-refractivity contribution in [2.75, 3.05) is 57.6 Å². The molecule has 4 aliphatic rings. The van der Waals surface area contributed by atoms with E-state index in [1.807, 2.05) is 0 Å². The molecule has 0 radical (unpaired) electrons. The van der Waals surface area contributed by atoms with Crippen LogP contribution in [0.1, 0.15) is 181 Å². The summed E-state index contributed by atoms with van der Waals surface area (Å²) >= 11 is 0. The van der Waals surface area contributed by atoms with Crippen molar-refractivity contribution in [1.29, 1.82) is 0 Å². The van der Waals surface area contributed by atoms with E-state index in [4.69, 9.17) is 9.47 Å². The Morgan fingerprint density at radius 2 is 0.908 bits per heavy atom. The summed E-state index contributed by atoms with van der Waals surface area (Å²) in [6, 6.07) is 8.19. The number of carbonyl (C=O) groups excluding carboxylic acids is 10. The smallest absolute Gasteiger partial charge is 0.410 e. The molecular formula is C71H103N11O16. The lowest BCUT2D eigenvalue weighted by Crippen LogP contribution is -2.59. The molecule has 4 saturated heterocycles. The highest BCUT2D eigenvalue weighted by atomic mass is 16.6. The maximum atomic E-state index is 14.6. The van der Waals surface area contributed by atoms with Gasteiger partial charge in [-0.05, 0) is 143 Å². The van der Waals surface area contributed by atoms with Gasteiger partial charge in [0.15, 0.2) is 5.78 Å². The molecule has 0 bridgehead atoms. The summed E-state index contributed by atoms with van der Waals surface area (Å²) in [5, 5.41) is 41.4. The van der Waals surface area contributed by atoms with Crippen molar-refractivity contribution in [1.82, 2.24) is 46.2 Å². The third-order valence-corrected chi connectivity index (χ3v) is 19.0. The van der Waals surface area contributed by atoms with Crippen LogP contribution in [0.25, 0.3) is 0 Å². The Morgan fingerprint density at radius 1 is 0.520 bits per heavy atom. The fraction of sp³-hybridized carbons (Fsp3) is 0.634. The minimum atomic E-state index is -1.20. The molecule has 0 spiro atoms. The van der Waals surface area contributed by atoms with Crippen LogP contribution in [0, 0.1) is 11.8 Å². The molecule has 98 heavy (non-hydrogen) atoms. The molecule has 0 saturated carbocycles. The first-order valence-corrected chi connectivity index (χ1v) is 34.7. The van der Waals surface area contributed by atoms with E-state index in [0.29, 0.717) is 101 Å². The van der Waals surface area contributed by atoms with Gasteiger partial charge in [-0.25, -0.2) is 9.59 Å². The van der Waals surface area contributed by atoms with Gasteiger partial charge in [-0.1, -0.05) is 80.9 Å². The van der Waals surface area contributed by atoms with Gasteiger partial charge < -0.3 is 66.7 Å². The molecule has 27 heteroatoms. The molecule has 0 unspecified atom stereocenters. The zero-order chi connectivity index (χ0) is 71.8. The molecule has 3 aromatic rings. The van der Waals surface area contributed by atoms with E-state index >= 15 is 0 Å². The summed E-state index contributed by atoms with van der Waals surface area (Å²) in [4.78, 5) is 170. The maximum absolute atomic E-state index is 14.6. The Morgan fingerprint density at radius 3 is 1.32 bits per heavy atom. The summed E-state index contributed by atoms with van der Waals surface area (Å²) < 4.78 is 11.0. The number of hydrogen-bond donors (Lipinski definition) is 9. The number of amides is 9. The molecule has 4 aliphatic heterocycles. The number of unbranched alkanes of at least 4 members (excludes halogenated alkanes) is 3. The van der Waals surface area contributed by atoms with Gasteiger partial charge in [-0.15, -0.1) is 0 Å². The molecule has 3 aromatic carbocycles. The van der Waals surface area contributed by atoms with Crippen molar-refractivity contribution in [3.8, 4) is 0 Å². The van der Waals surface area contributed by atoms with Crippen molar-refractivity contribution in [3.05, 3.63) is 92.2 Å². The maximum Gasteiger partial charge on any atom is 0.410 e. The number of likely N-dealkylation sites (N-methyl/N-ethyl adjacent to an activating group) is 2. The second-order valence-corrected chi connectivity index (χ2v) is 28.3. The number of ketones is 1. The summed E-state index contributed by atoms with van der Waals surface area (Å²) in [5.74, 6) is -5.46. The number of carbonyl (C=O) groups is 10. The molecule has 27 nitrogen and oxygen atoms in total. The number of rotatable bonds is 31. The summed E-state index contributed by atoms with van der Waals surface area (Å²) in [7, 11) is 2.88. The van der Waals surface area contributed by atoms with E-state index in [2.05, 4.69) is 37.2 Å². The van der Waals surface area contributed by atoms with Crippen molar-refractivity contribution >= 4 is 70.7 Å². The Hall–Kier alpha value is -8.46. The molecule has 12 atom stereocenters. The predicted octanol–water partition coefficient (Wildman–Crippen LogP) is 4.63. The number of aliphatic hydroxyl groups excluding tert-OH is 2. The van der Waals surface area contributed by atoms with Crippen LogP contribution >= 0.6 is 0 Å². The van der Waals surface area contributed by atoms with Crippen LogP contribution in [-0.2, 0) is 47.8 Å². The molecule has 0 aromatic heterocycles. The van der Waals surface area contributed by atoms with E-state index in [1.54, 1.807) is 116 Å². The van der Waals surface area contributed by atoms with Crippen LogP contribution in [0.5, 0.6) is 0 Å². The Balaban J connectivity index is 0.869. The van der Waals surface area contributed by atoms with E-state index < -0.39 is 149 Å². The Labute approximate surface area is 573 Å². The topological polar surface area (TPSA) is 361 Å². The molecule has 4 fully saturated rings. The van der Waals surface area contributed by atoms with Gasteiger partial charge in [-0.2, -0.15) is 0 Å². The lowest BCUT2D eigenvalue weighted by molar-refractivity contribution is -0.145. The number of nitrogens with zero attached hydrogens (tertiary/aromatic N) is 4. The van der Waals surface area contributed by atoms with Crippen LogP contribution in [0.15, 0.2) is 70.3 Å². The van der Waals surface area contributed by atoms with Crippen LogP contribution < -0.4 is 48.1 Å². The molecule has 4 heterocycles. The lowest BCUT2D eigenvalue weighted by atomic mass is 9.93. The van der Waals surface area contributed by atoms with Crippen molar-refractivity contribution in [2.24, 2.45) is 11.8 Å². The number of benzene rings is 2. The molecule has 9 N–H and O–H groups in total. The molecule has 538 valence electrons. The Bertz CT molecular complexity index is 3130. The van der Waals surface area contributed by atoms with Gasteiger partial charge in [0, 0.05) is 77.3 Å². The summed E-state index contributed by atoms with van der Waals surface area (Å²) in [6.45, 7) is 13.7. The van der Waals surface area contributed by atoms with E-state index in [1.165, 1.54) is 33.7 Å². The molecule has 9 amide bonds. The average molecular weight is 1370 g/mol. The third kappa shape index (κ3) is 19.5. The number of aliphatic hydroxyl groups is 2. The third-order valence-electron chi connectivity index (χ3n) is 19.0. The number of ether oxygens (including phenoxy) is 2. The van der Waals surface area contributed by atoms with Gasteiger partial charge in [0.25, 0.3) is 10.9 Å². The molecular weight excluding hydrogens is 1260 g/mol. The second-order valence-electron chi connectivity index (χ2n) is 28.3. The predicted molar refractivity (Wildman–Crippen MR) is 366 cm³/mol. The fourth-order valence-electron chi connectivity index (χ4n) is 13.7. The monoisotopic (exact) mass is 1370 g/mol. The van der Waals surface area contributed by atoms with Gasteiger partial charge in [0.05, 0.1) is 0 Å². The fourth-order valence-corrected chi connectivity index (χ4v) is 13.7. The SMILES string of the molecule is CC[C@@H](C(=O)N[C@@H]1C(=O)N2[C@@H](CC[C@@H]1CO)CC[C@H]2C(=O)N[C@H](C(=O)CCCCCNc1c(NCCCCNC(=O)[C@@H](NC(=O)[C@@H]2CC[C@@H]3CC[C@H](CO)[C@H](NC(=O)[C@H](CC)N(C)C(=O)OC(C)(C)C)C(=O)N32)c2ccccc2)c(=O)c1=O)c1ccccc1)N(C)C(=O)OC(C)(C)C. The standard InChI is InChI=1S/C71H103N11O16/c1-11-48(79(9)68(95)97-70(3,4)5)61(88)77-55-44(40-83)29-31-46-33-35-50(81(46)66(55)93)63(90)75-53(42-24-16-13-17-25-42)52(85)28-20-15-21-37-72-57-58(60(87)59(57)86)73-38-22-23-39-74-65(92)54(43-26-18-14-19-27-43)76-64(91)51-36-34-47-32-30-45(41-84)56(67(94)82(47)51)78-62(89)49(12-2)80(10)69(96)98-71(6,7)8/h13-14,16-19,24-27,44-51,53-56,72-73,83-84H,11-12,15,20-23,28-41H2,1-10H3,(H,74,92)(H,75,90)(H,76,91)(H,77,88)(H,78,89)/t44-,45-,46+,47+,48+,49+,50+,51+,53+,54+,55+,56+/m1/s1. The molecule has 0 aliphatic carbocycles. The number of nitrogens with one attached hydrogen (secondary N) is 7. The highest BCUT2D eigenvalue weighted by Crippen LogP contribution is 2.37. The number of fused-ring (bicyclic) bond motifs is 2. The lowest BCUT2D eigenvalue weighted by Gasteiger charge is -2.34. The van der Waals surface area contributed by atoms with Crippen LogP contribution in [0.3, 0.4) is 0 Å². The van der Waals surface area contributed by atoms with Crippen molar-refractivity contribution in [2.45, 2.75) is 230 Å². The van der Waals surface area contributed by atoms with Crippen LogP contribution in [-0.4, -0.2) is 196 Å². The number of hydrogen-bond acceptors (Lipinski definition) is 18. The van der Waals surface area contributed by atoms with E-state index in [9.17, 15) is 67.7 Å². The zero-order valence-corrected chi connectivity index (χ0v) is 58.4. The quantitative estimate of drug-likeness (QED) is 0.0313. The van der Waals surface area contributed by atoms with Crippen molar-refractivity contribution in [3.63, 3.8) is 0 Å². The van der Waals surface area contributed by atoms with Gasteiger partial charge in [0.1, 0.15) is 70.9 Å². The first kappa shape index (κ1) is 76.9.